The molecule has 3 heterocycles. The van der Waals surface area contributed by atoms with Crippen LogP contribution < -0.4 is 26.3 Å². The second-order valence-corrected chi connectivity index (χ2v) is 27.3. The molecule has 4 fully saturated rings. The van der Waals surface area contributed by atoms with Crippen molar-refractivity contribution in [3.63, 3.8) is 0 Å². The zero-order chi connectivity index (χ0) is 48.2. The second-order valence-electron chi connectivity index (χ2n) is 27.3. The molecular weight excluding hydrogens is 826 g/mol. The van der Waals surface area contributed by atoms with Gasteiger partial charge in [-0.25, -0.2) is 0 Å². The van der Waals surface area contributed by atoms with Crippen molar-refractivity contribution >= 4 is 57.5 Å². The fourth-order valence-electron chi connectivity index (χ4n) is 13.4. The van der Waals surface area contributed by atoms with Crippen LogP contribution in [0.15, 0.2) is 97.1 Å². The number of para-hydroxylation sites is 1. The molecule has 4 bridgehead atoms. The van der Waals surface area contributed by atoms with Crippen molar-refractivity contribution < 1.29 is 0 Å². The van der Waals surface area contributed by atoms with E-state index >= 15 is 0 Å². The molecule has 5 nitrogen and oxygen atoms in total. The summed E-state index contributed by atoms with van der Waals surface area (Å²) in [6.07, 6.45) is 8.12. The monoisotopic (exact) mass is 902 g/mol. The Kier molecular flexibility index (Phi) is 9.98. The van der Waals surface area contributed by atoms with Crippen LogP contribution in [0.2, 0.25) is 0 Å². The molecule has 1 aromatic heterocycles. The van der Waals surface area contributed by atoms with E-state index in [1.165, 1.54) is 111 Å². The first-order valence-electron chi connectivity index (χ1n) is 26.0. The minimum atomic E-state index is -0.136. The van der Waals surface area contributed by atoms with E-state index in [1.807, 2.05) is 0 Å². The molecule has 0 saturated heterocycles. The summed E-state index contributed by atoms with van der Waals surface area (Å²) in [5.74, 6) is 3.49. The molecule has 0 unspecified atom stereocenters. The van der Waals surface area contributed by atoms with Crippen LogP contribution in [0.4, 0.5) is 34.3 Å². The van der Waals surface area contributed by atoms with Crippen LogP contribution in [-0.4, -0.2) is 21.7 Å². The smallest absolute Gasteiger partial charge is 0.280 e. The normalized spacial score (nSPS) is 22.1. The zero-order valence-corrected chi connectivity index (χ0v) is 44.0. The van der Waals surface area contributed by atoms with E-state index in [0.29, 0.717) is 0 Å². The van der Waals surface area contributed by atoms with Crippen LogP contribution in [-0.2, 0) is 32.5 Å². The topological polar surface area (TPSA) is 37.2 Å². The van der Waals surface area contributed by atoms with Crippen LogP contribution in [0, 0.1) is 17.8 Å². The van der Waals surface area contributed by atoms with Gasteiger partial charge >= 0.3 is 0 Å². The first-order valence-corrected chi connectivity index (χ1v) is 26.0. The van der Waals surface area contributed by atoms with Gasteiger partial charge in [0.25, 0.3) is 6.71 Å². The molecule has 4 aliphatic carbocycles. The SMILES string of the molecule is CC(C)(C)c1cc(N2c3ccc(C(C)(C)C)cc3B3c4nnn(-c5ccccc5)c4N(c4cc(C(C)(C)C)cc(C(C)(C)C)c4)c4cc(C56CC7CC(CC(C7)C5)C6)cc2c43)cc(C(C)(C)C)c1. The Morgan fingerprint density at radius 1 is 0.471 bits per heavy atom. The average molecular weight is 902 g/mol. The number of benzene rings is 5. The van der Waals surface area contributed by atoms with Gasteiger partial charge in [-0.05, 0) is 188 Å². The number of hydrogen-bond donors (Lipinski definition) is 0. The van der Waals surface area contributed by atoms with E-state index in [4.69, 9.17) is 10.3 Å². The largest absolute Gasteiger partial charge is 0.311 e. The zero-order valence-electron chi connectivity index (χ0n) is 44.0. The van der Waals surface area contributed by atoms with E-state index in [9.17, 15) is 0 Å². The van der Waals surface area contributed by atoms with Gasteiger partial charge < -0.3 is 4.90 Å². The van der Waals surface area contributed by atoms with Crippen molar-refractivity contribution in [2.45, 2.75) is 175 Å². The Hall–Kier alpha value is -5.10. The van der Waals surface area contributed by atoms with E-state index in [0.717, 1.165) is 34.9 Å². The first-order chi connectivity index (χ1) is 31.8. The summed E-state index contributed by atoms with van der Waals surface area (Å²) >= 11 is 0. The van der Waals surface area contributed by atoms with Crippen molar-refractivity contribution in [3.8, 4) is 5.69 Å². The van der Waals surface area contributed by atoms with Crippen molar-refractivity contribution in [3.05, 3.63) is 130 Å². The van der Waals surface area contributed by atoms with E-state index in [2.05, 4.69) is 215 Å². The summed E-state index contributed by atoms with van der Waals surface area (Å²) in [5, 5.41) is 10.6. The van der Waals surface area contributed by atoms with Gasteiger partial charge in [0, 0.05) is 28.4 Å². The summed E-state index contributed by atoms with van der Waals surface area (Å²) in [7, 11) is 0. The third-order valence-electron chi connectivity index (χ3n) is 17.0. The predicted octanol–water partition coefficient (Wildman–Crippen LogP) is 14.3. The van der Waals surface area contributed by atoms with Gasteiger partial charge in [-0.3, -0.25) is 4.90 Å². The lowest BCUT2D eigenvalue weighted by Crippen LogP contribution is -2.62. The van der Waals surface area contributed by atoms with Gasteiger partial charge in [-0.1, -0.05) is 152 Å². The highest BCUT2D eigenvalue weighted by atomic mass is 15.5. The van der Waals surface area contributed by atoms with Gasteiger partial charge in [0.05, 0.1) is 11.3 Å². The van der Waals surface area contributed by atoms with Gasteiger partial charge in [-0.15, -0.1) is 5.10 Å². The predicted molar refractivity (Wildman–Crippen MR) is 289 cm³/mol. The number of aromatic nitrogens is 3. The molecule has 6 heteroatoms. The molecule has 0 amide bonds. The van der Waals surface area contributed by atoms with Gasteiger partial charge in [0.1, 0.15) is 0 Å². The highest BCUT2D eigenvalue weighted by molar-refractivity contribution is 6.99. The quantitative estimate of drug-likeness (QED) is 0.165. The fraction of sp³-hybridized carbons (Fsp3) is 0.484. The van der Waals surface area contributed by atoms with Gasteiger partial charge in [-0.2, -0.15) is 4.68 Å². The van der Waals surface area contributed by atoms with Crippen molar-refractivity contribution in [1.29, 1.82) is 0 Å². The highest BCUT2D eigenvalue weighted by Gasteiger charge is 2.54. The lowest BCUT2D eigenvalue weighted by molar-refractivity contribution is -0.00514. The molecular formula is C62H76BN5. The molecule has 0 radical (unpaired) electrons. The molecule has 12 rings (SSSR count). The van der Waals surface area contributed by atoms with Crippen molar-refractivity contribution in [2.75, 3.05) is 9.80 Å². The third-order valence-corrected chi connectivity index (χ3v) is 17.0. The number of fused-ring (bicyclic) bond motifs is 4. The second kappa shape index (κ2) is 15.0. The number of rotatable bonds is 4. The highest BCUT2D eigenvalue weighted by Crippen LogP contribution is 2.62. The maximum atomic E-state index is 5.39. The van der Waals surface area contributed by atoms with Gasteiger partial charge in [0.2, 0.25) is 0 Å². The summed E-state index contributed by atoms with van der Waals surface area (Å²) in [6.45, 7) is 35.3. The van der Waals surface area contributed by atoms with Crippen LogP contribution in [0.3, 0.4) is 0 Å². The minimum absolute atomic E-state index is 0.0435. The number of nitrogens with zero attached hydrogens (tertiary/aromatic N) is 5. The van der Waals surface area contributed by atoms with Crippen LogP contribution in [0.1, 0.15) is 176 Å². The van der Waals surface area contributed by atoms with E-state index in [-0.39, 0.29) is 39.2 Å². The molecule has 4 saturated carbocycles. The molecule has 0 N–H and O–H groups in total. The Labute approximate surface area is 409 Å². The Bertz CT molecular complexity index is 2870. The lowest BCUT2D eigenvalue weighted by atomic mass is 9.35. The van der Waals surface area contributed by atoms with Gasteiger partial charge in [0.15, 0.2) is 5.82 Å². The minimum Gasteiger partial charge on any atom is -0.311 e. The Morgan fingerprint density at radius 2 is 0.926 bits per heavy atom. The Balaban J connectivity index is 1.30. The maximum absolute atomic E-state index is 5.39. The van der Waals surface area contributed by atoms with Crippen LogP contribution in [0.25, 0.3) is 5.69 Å². The third kappa shape index (κ3) is 7.40. The molecule has 352 valence electrons. The van der Waals surface area contributed by atoms with E-state index < -0.39 is 0 Å². The Morgan fingerprint density at radius 3 is 1.40 bits per heavy atom. The van der Waals surface area contributed by atoms with E-state index in [1.54, 1.807) is 0 Å². The average Bonchev–Trinajstić information content (AvgIpc) is 3.68. The molecule has 6 aliphatic rings. The molecule has 0 atom stereocenters. The van der Waals surface area contributed by atoms with Crippen molar-refractivity contribution in [2.24, 2.45) is 17.8 Å². The lowest BCUT2D eigenvalue weighted by Gasteiger charge is -2.57. The van der Waals surface area contributed by atoms with Crippen LogP contribution >= 0.6 is 0 Å². The first kappa shape index (κ1) is 45.4. The molecule has 0 spiro atoms. The summed E-state index contributed by atoms with van der Waals surface area (Å²) in [5.41, 5.74) is 19.0. The summed E-state index contributed by atoms with van der Waals surface area (Å²) < 4.78 is 2.15. The fourth-order valence-corrected chi connectivity index (χ4v) is 13.4. The number of hydrogen-bond acceptors (Lipinski definition) is 4. The van der Waals surface area contributed by atoms with Crippen LogP contribution in [0.5, 0.6) is 0 Å². The number of anilines is 6. The summed E-state index contributed by atoms with van der Waals surface area (Å²) in [4.78, 5) is 5.32. The van der Waals surface area contributed by atoms with Crippen molar-refractivity contribution in [1.82, 2.24) is 15.0 Å². The molecule has 68 heavy (non-hydrogen) atoms. The molecule has 2 aliphatic heterocycles. The molecule has 6 aromatic rings. The standard InChI is InChI=1S/C62H76BN5/c1-57(2,3)41-21-22-51-50(32-41)63-54-52(66(51)48-28-42(58(4,5)6)26-43(29-48)59(7,8)9)33-46(62-35-38-23-39(36-62)25-40(24-38)37-62)34-53(54)67(56-55(63)64-65-68(56)47-19-17-16-18-20-47)49-30-44(60(10,11)12)27-45(31-49)61(13,14)15/h16-22,26-34,38-40H,23-25,35-37H2,1-15H3. The summed E-state index contributed by atoms with van der Waals surface area (Å²) in [6, 6.07) is 38.5. The maximum Gasteiger partial charge on any atom is 0.280 e. The molecule has 5 aromatic carbocycles.